The maximum atomic E-state index is 11.6. The first-order valence-electron chi connectivity index (χ1n) is 5.64. The third kappa shape index (κ3) is 4.18. The molecule has 1 atom stereocenters. The van der Waals surface area contributed by atoms with E-state index >= 15 is 0 Å². The van der Waals surface area contributed by atoms with Crippen LogP contribution in [0.25, 0.3) is 0 Å². The van der Waals surface area contributed by atoms with E-state index in [9.17, 15) is 4.79 Å². The molecule has 1 fully saturated rings. The number of nitrogens with two attached hydrogens (primary N) is 1. The van der Waals surface area contributed by atoms with Crippen LogP contribution in [-0.2, 0) is 4.79 Å². The smallest absolute Gasteiger partial charge is 0.222 e. The van der Waals surface area contributed by atoms with Gasteiger partial charge < -0.3 is 16.0 Å². The number of likely N-dealkylation sites (N-methyl/N-ethyl adjacent to an activating group) is 1. The van der Waals surface area contributed by atoms with E-state index in [4.69, 9.17) is 5.73 Å². The van der Waals surface area contributed by atoms with Gasteiger partial charge in [0.1, 0.15) is 0 Å². The summed E-state index contributed by atoms with van der Waals surface area (Å²) in [7, 11) is 4.00. The van der Waals surface area contributed by atoms with E-state index in [2.05, 4.69) is 10.2 Å². The molecule has 1 unspecified atom stereocenters. The highest BCUT2D eigenvalue weighted by atomic mass is 16.1. The Labute approximate surface area is 92.2 Å². The lowest BCUT2D eigenvalue weighted by Crippen LogP contribution is -2.51. The monoisotopic (exact) mass is 213 g/mol. The van der Waals surface area contributed by atoms with E-state index in [0.717, 1.165) is 25.8 Å². The van der Waals surface area contributed by atoms with Crippen molar-refractivity contribution in [2.45, 2.75) is 44.2 Å². The number of nitrogens with one attached hydrogen (secondary N) is 1. The molecule has 0 aromatic rings. The predicted octanol–water partition coefficient (Wildman–Crippen LogP) is 0.324. The van der Waals surface area contributed by atoms with E-state index in [0.29, 0.717) is 6.42 Å². The Morgan fingerprint density at radius 3 is 2.53 bits per heavy atom. The zero-order valence-corrected chi connectivity index (χ0v) is 10.0. The molecule has 0 saturated heterocycles. The molecule has 1 rings (SSSR count). The van der Waals surface area contributed by atoms with E-state index in [1.807, 2.05) is 21.0 Å². The summed E-state index contributed by atoms with van der Waals surface area (Å²) in [5.41, 5.74) is 5.80. The third-order valence-corrected chi connectivity index (χ3v) is 2.91. The van der Waals surface area contributed by atoms with Crippen LogP contribution in [-0.4, -0.2) is 43.0 Å². The first-order valence-corrected chi connectivity index (χ1v) is 5.64. The normalized spacial score (nSPS) is 20.9. The number of carbonyl (C=O) groups is 1. The van der Waals surface area contributed by atoms with Gasteiger partial charge in [0.25, 0.3) is 0 Å². The van der Waals surface area contributed by atoms with Crippen molar-refractivity contribution in [2.24, 2.45) is 5.73 Å². The van der Waals surface area contributed by atoms with Crippen LogP contribution >= 0.6 is 0 Å². The fraction of sp³-hybridized carbons (Fsp3) is 0.909. The van der Waals surface area contributed by atoms with E-state index in [-0.39, 0.29) is 17.5 Å². The van der Waals surface area contributed by atoms with Crippen LogP contribution in [0.4, 0.5) is 0 Å². The number of hydrogen-bond acceptors (Lipinski definition) is 3. The highest BCUT2D eigenvalue weighted by Gasteiger charge is 2.34. The average molecular weight is 213 g/mol. The molecule has 0 heterocycles. The Morgan fingerprint density at radius 2 is 2.13 bits per heavy atom. The van der Waals surface area contributed by atoms with Gasteiger partial charge in [0.05, 0.1) is 0 Å². The van der Waals surface area contributed by atoms with Gasteiger partial charge in [-0.15, -0.1) is 0 Å². The van der Waals surface area contributed by atoms with Gasteiger partial charge in [-0.25, -0.2) is 0 Å². The van der Waals surface area contributed by atoms with Crippen molar-refractivity contribution in [1.82, 2.24) is 10.2 Å². The first-order chi connectivity index (χ1) is 6.91. The van der Waals surface area contributed by atoms with Crippen molar-refractivity contribution >= 4 is 5.91 Å². The molecular weight excluding hydrogens is 190 g/mol. The van der Waals surface area contributed by atoms with E-state index < -0.39 is 0 Å². The summed E-state index contributed by atoms with van der Waals surface area (Å²) in [6.07, 6.45) is 3.62. The minimum absolute atomic E-state index is 0.0894. The Morgan fingerprint density at radius 1 is 1.53 bits per heavy atom. The van der Waals surface area contributed by atoms with Crippen LogP contribution in [0.1, 0.15) is 32.6 Å². The largest absolute Gasteiger partial charge is 0.352 e. The minimum Gasteiger partial charge on any atom is -0.352 e. The Balaban J connectivity index is 2.23. The summed E-state index contributed by atoms with van der Waals surface area (Å²) >= 11 is 0. The Hall–Kier alpha value is -0.610. The van der Waals surface area contributed by atoms with Gasteiger partial charge in [-0.05, 0) is 40.3 Å². The van der Waals surface area contributed by atoms with Gasteiger partial charge >= 0.3 is 0 Å². The lowest BCUT2D eigenvalue weighted by atomic mass is 9.75. The molecule has 1 saturated carbocycles. The molecule has 0 aromatic carbocycles. The first kappa shape index (κ1) is 12.5. The van der Waals surface area contributed by atoms with Gasteiger partial charge in [0, 0.05) is 24.5 Å². The van der Waals surface area contributed by atoms with E-state index in [1.54, 1.807) is 0 Å². The topological polar surface area (TPSA) is 58.4 Å². The quantitative estimate of drug-likeness (QED) is 0.691. The summed E-state index contributed by atoms with van der Waals surface area (Å²) in [6, 6.07) is 0.191. The number of amides is 1. The van der Waals surface area contributed by atoms with Crippen LogP contribution in [0.15, 0.2) is 0 Å². The number of hydrogen-bond donors (Lipinski definition) is 2. The summed E-state index contributed by atoms with van der Waals surface area (Å²) in [6.45, 7) is 2.88. The van der Waals surface area contributed by atoms with Crippen molar-refractivity contribution in [3.05, 3.63) is 0 Å². The lowest BCUT2D eigenvalue weighted by Gasteiger charge is -2.37. The molecule has 15 heavy (non-hydrogen) atoms. The van der Waals surface area contributed by atoms with Crippen molar-refractivity contribution in [1.29, 1.82) is 0 Å². The second kappa shape index (κ2) is 4.94. The maximum absolute atomic E-state index is 11.6. The second-order valence-electron chi connectivity index (χ2n) is 5.12. The van der Waals surface area contributed by atoms with Crippen molar-refractivity contribution < 1.29 is 4.79 Å². The molecule has 4 nitrogen and oxygen atoms in total. The number of carbonyl (C=O) groups excluding carboxylic acids is 1. The van der Waals surface area contributed by atoms with Gasteiger partial charge in [-0.1, -0.05) is 0 Å². The minimum atomic E-state index is -0.206. The van der Waals surface area contributed by atoms with Crippen LogP contribution in [0.5, 0.6) is 0 Å². The zero-order valence-electron chi connectivity index (χ0n) is 10.0. The molecule has 1 aliphatic rings. The molecule has 4 heteroatoms. The summed E-state index contributed by atoms with van der Waals surface area (Å²) in [4.78, 5) is 13.7. The van der Waals surface area contributed by atoms with Gasteiger partial charge in [-0.2, -0.15) is 0 Å². The molecule has 0 aromatic heterocycles. The highest BCUT2D eigenvalue weighted by molar-refractivity contribution is 5.77. The molecule has 1 amide bonds. The SMILES string of the molecule is CC(CN(C)C)NC(=O)CC1(N)CCC1. The van der Waals surface area contributed by atoms with Crippen molar-refractivity contribution in [2.75, 3.05) is 20.6 Å². The van der Waals surface area contributed by atoms with E-state index in [1.165, 1.54) is 0 Å². The van der Waals surface area contributed by atoms with Gasteiger partial charge in [0.15, 0.2) is 0 Å². The molecule has 0 spiro atoms. The number of rotatable bonds is 5. The molecular formula is C11H23N3O. The zero-order chi connectivity index (χ0) is 11.5. The van der Waals surface area contributed by atoms with Crippen molar-refractivity contribution in [3.8, 4) is 0 Å². The fourth-order valence-corrected chi connectivity index (χ4v) is 2.05. The van der Waals surface area contributed by atoms with Gasteiger partial charge in [0.2, 0.25) is 5.91 Å². The summed E-state index contributed by atoms with van der Waals surface area (Å²) in [5.74, 6) is 0.0894. The van der Waals surface area contributed by atoms with Crippen LogP contribution < -0.4 is 11.1 Å². The lowest BCUT2D eigenvalue weighted by molar-refractivity contribution is -0.123. The molecule has 0 bridgehead atoms. The molecule has 0 aliphatic heterocycles. The molecule has 88 valence electrons. The summed E-state index contributed by atoms with van der Waals surface area (Å²) < 4.78 is 0. The van der Waals surface area contributed by atoms with Crippen molar-refractivity contribution in [3.63, 3.8) is 0 Å². The third-order valence-electron chi connectivity index (χ3n) is 2.91. The highest BCUT2D eigenvalue weighted by Crippen LogP contribution is 2.31. The molecule has 1 aliphatic carbocycles. The Bertz CT molecular complexity index is 224. The van der Waals surface area contributed by atoms with Gasteiger partial charge in [-0.3, -0.25) is 4.79 Å². The van der Waals surface area contributed by atoms with Crippen LogP contribution in [0.2, 0.25) is 0 Å². The molecule has 3 N–H and O–H groups in total. The van der Waals surface area contributed by atoms with Crippen LogP contribution in [0.3, 0.4) is 0 Å². The standard InChI is InChI=1S/C11H23N3O/c1-9(8-14(2)3)13-10(15)7-11(12)5-4-6-11/h9H,4-8,12H2,1-3H3,(H,13,15). The fourth-order valence-electron chi connectivity index (χ4n) is 2.05. The summed E-state index contributed by atoms with van der Waals surface area (Å²) in [5, 5.41) is 2.97. The Kier molecular flexibility index (Phi) is 4.11. The average Bonchev–Trinajstić information content (AvgIpc) is 1.98. The predicted molar refractivity (Wildman–Crippen MR) is 61.5 cm³/mol. The second-order valence-corrected chi connectivity index (χ2v) is 5.12. The molecule has 0 radical (unpaired) electrons. The number of nitrogens with zero attached hydrogens (tertiary/aromatic N) is 1. The van der Waals surface area contributed by atoms with Crippen LogP contribution in [0, 0.1) is 0 Å². The maximum Gasteiger partial charge on any atom is 0.222 e.